The van der Waals surface area contributed by atoms with Crippen molar-refractivity contribution in [3.05, 3.63) is 59.2 Å². The van der Waals surface area contributed by atoms with Gasteiger partial charge in [-0.15, -0.1) is 0 Å². The molecule has 2 aromatic carbocycles. The number of carbonyl (C=O) groups is 1. The van der Waals surface area contributed by atoms with Crippen molar-refractivity contribution < 1.29 is 9.90 Å². The van der Waals surface area contributed by atoms with Gasteiger partial charge in [0.2, 0.25) is 5.91 Å². The van der Waals surface area contributed by atoms with Gasteiger partial charge in [0, 0.05) is 24.1 Å². The van der Waals surface area contributed by atoms with Crippen molar-refractivity contribution in [2.75, 3.05) is 5.32 Å². The van der Waals surface area contributed by atoms with Gasteiger partial charge >= 0.3 is 0 Å². The van der Waals surface area contributed by atoms with E-state index in [2.05, 4.69) is 24.4 Å². The second-order valence-electron chi connectivity index (χ2n) is 6.15. The van der Waals surface area contributed by atoms with Gasteiger partial charge in [-0.3, -0.25) is 4.79 Å². The van der Waals surface area contributed by atoms with E-state index in [-0.39, 0.29) is 5.91 Å². The van der Waals surface area contributed by atoms with Gasteiger partial charge in [-0.2, -0.15) is 0 Å². The van der Waals surface area contributed by atoms with Crippen molar-refractivity contribution in [1.82, 2.24) is 0 Å². The number of benzene rings is 2. The Balaban J connectivity index is 2.37. The lowest BCUT2D eigenvalue weighted by atomic mass is 9.94. The molecule has 128 valence electrons. The fourth-order valence-corrected chi connectivity index (χ4v) is 2.87. The van der Waals surface area contributed by atoms with Gasteiger partial charge in [0.05, 0.1) is 0 Å². The minimum atomic E-state index is 0.0339. The monoisotopic (exact) mass is 325 g/mol. The molecule has 2 aromatic rings. The van der Waals surface area contributed by atoms with Crippen molar-refractivity contribution in [2.24, 2.45) is 0 Å². The minimum Gasteiger partial charge on any atom is -0.508 e. The van der Waals surface area contributed by atoms with Crippen LogP contribution in [0.3, 0.4) is 0 Å². The Kier molecular flexibility index (Phi) is 6.86. The standard InChI is InChI=1S/C21H27NO2/c1-3-5-12-17-18(15-16-10-7-6-8-11-16)20(23)14-13-19(17)22-21(24)9-4-2/h6-8,10-11,13-14,23H,3-5,9,12,15H2,1-2H3,(H,22,24). The molecule has 2 N–H and O–H groups in total. The van der Waals surface area contributed by atoms with Crippen molar-refractivity contribution in [3.63, 3.8) is 0 Å². The van der Waals surface area contributed by atoms with Gasteiger partial charge in [-0.05, 0) is 42.5 Å². The molecule has 0 fully saturated rings. The second-order valence-corrected chi connectivity index (χ2v) is 6.15. The topological polar surface area (TPSA) is 49.3 Å². The largest absolute Gasteiger partial charge is 0.508 e. The molecule has 3 nitrogen and oxygen atoms in total. The summed E-state index contributed by atoms with van der Waals surface area (Å²) < 4.78 is 0. The number of rotatable bonds is 8. The number of anilines is 1. The Bertz CT molecular complexity index is 665. The predicted molar refractivity (Wildman–Crippen MR) is 99.5 cm³/mol. The van der Waals surface area contributed by atoms with Crippen LogP contribution in [0.5, 0.6) is 5.75 Å². The van der Waals surface area contributed by atoms with Crippen LogP contribution >= 0.6 is 0 Å². The lowest BCUT2D eigenvalue weighted by Crippen LogP contribution is -2.13. The highest BCUT2D eigenvalue weighted by Crippen LogP contribution is 2.32. The van der Waals surface area contributed by atoms with Crippen LogP contribution in [0.4, 0.5) is 5.69 Å². The maximum atomic E-state index is 12.0. The third-order valence-electron chi connectivity index (χ3n) is 4.16. The highest BCUT2D eigenvalue weighted by molar-refractivity contribution is 5.91. The van der Waals surface area contributed by atoms with E-state index in [1.165, 1.54) is 0 Å². The molecule has 3 heteroatoms. The molecule has 0 spiro atoms. The third kappa shape index (κ3) is 4.85. The molecule has 0 aliphatic heterocycles. The van der Waals surface area contributed by atoms with Crippen LogP contribution in [0.15, 0.2) is 42.5 Å². The highest BCUT2D eigenvalue weighted by atomic mass is 16.3. The first-order valence-corrected chi connectivity index (χ1v) is 8.83. The summed E-state index contributed by atoms with van der Waals surface area (Å²) in [5.41, 5.74) is 3.97. The van der Waals surface area contributed by atoms with E-state index in [9.17, 15) is 9.90 Å². The van der Waals surface area contributed by atoms with Gasteiger partial charge in [-0.25, -0.2) is 0 Å². The van der Waals surface area contributed by atoms with Crippen LogP contribution < -0.4 is 5.32 Å². The number of nitrogens with one attached hydrogen (secondary N) is 1. The number of carbonyl (C=O) groups excluding carboxylic acids is 1. The summed E-state index contributed by atoms with van der Waals surface area (Å²) in [5.74, 6) is 0.338. The Morgan fingerprint density at radius 1 is 1.00 bits per heavy atom. The summed E-state index contributed by atoms with van der Waals surface area (Å²) in [4.78, 5) is 12.0. The van der Waals surface area contributed by atoms with Gasteiger partial charge in [0.25, 0.3) is 0 Å². The normalized spacial score (nSPS) is 10.6. The van der Waals surface area contributed by atoms with Crippen LogP contribution in [0.2, 0.25) is 0 Å². The lowest BCUT2D eigenvalue weighted by molar-refractivity contribution is -0.116. The van der Waals surface area contributed by atoms with E-state index in [1.807, 2.05) is 31.2 Å². The smallest absolute Gasteiger partial charge is 0.224 e. The Labute approximate surface area is 144 Å². The molecule has 0 bridgehead atoms. The van der Waals surface area contributed by atoms with Gasteiger partial charge in [-0.1, -0.05) is 50.6 Å². The van der Waals surface area contributed by atoms with E-state index in [0.717, 1.165) is 48.1 Å². The molecule has 2 rings (SSSR count). The molecule has 0 aromatic heterocycles. The second kappa shape index (κ2) is 9.11. The van der Waals surface area contributed by atoms with Crippen molar-refractivity contribution >= 4 is 11.6 Å². The number of phenolic OH excluding ortho intramolecular Hbond substituents is 1. The molecular weight excluding hydrogens is 298 g/mol. The van der Waals surface area contributed by atoms with Crippen molar-refractivity contribution in [3.8, 4) is 5.75 Å². The number of phenols is 1. The highest BCUT2D eigenvalue weighted by Gasteiger charge is 2.15. The van der Waals surface area contributed by atoms with Gasteiger partial charge in [0.1, 0.15) is 5.75 Å². The zero-order valence-corrected chi connectivity index (χ0v) is 14.6. The fraction of sp³-hybridized carbons (Fsp3) is 0.381. The molecule has 0 saturated carbocycles. The summed E-state index contributed by atoms with van der Waals surface area (Å²) in [5, 5.41) is 13.4. The molecule has 0 atom stereocenters. The quantitative estimate of drug-likeness (QED) is 0.666. The van der Waals surface area contributed by atoms with Crippen molar-refractivity contribution in [1.29, 1.82) is 0 Å². The SMILES string of the molecule is CCCCc1c(NC(=O)CCC)ccc(O)c1Cc1ccccc1. The van der Waals surface area contributed by atoms with Crippen LogP contribution in [-0.4, -0.2) is 11.0 Å². The number of hydrogen-bond acceptors (Lipinski definition) is 2. The summed E-state index contributed by atoms with van der Waals surface area (Å²) in [7, 11) is 0. The van der Waals surface area contributed by atoms with E-state index in [1.54, 1.807) is 6.07 Å². The molecule has 0 heterocycles. The van der Waals surface area contributed by atoms with E-state index in [0.29, 0.717) is 18.6 Å². The van der Waals surface area contributed by atoms with Crippen molar-refractivity contribution in [2.45, 2.75) is 52.4 Å². The maximum absolute atomic E-state index is 12.0. The predicted octanol–water partition coefficient (Wildman–Crippen LogP) is 5.06. The zero-order chi connectivity index (χ0) is 17.4. The van der Waals surface area contributed by atoms with Gasteiger partial charge < -0.3 is 10.4 Å². The van der Waals surface area contributed by atoms with Crippen LogP contribution in [0.25, 0.3) is 0 Å². The maximum Gasteiger partial charge on any atom is 0.224 e. The molecule has 0 unspecified atom stereocenters. The van der Waals surface area contributed by atoms with Crippen LogP contribution in [-0.2, 0) is 17.6 Å². The summed E-state index contributed by atoms with van der Waals surface area (Å²) >= 11 is 0. The molecule has 1 amide bonds. The Morgan fingerprint density at radius 3 is 2.42 bits per heavy atom. The molecule has 0 aliphatic rings. The minimum absolute atomic E-state index is 0.0339. The first-order valence-electron chi connectivity index (χ1n) is 8.83. The molecule has 0 saturated heterocycles. The van der Waals surface area contributed by atoms with E-state index in [4.69, 9.17) is 0 Å². The average Bonchev–Trinajstić information content (AvgIpc) is 2.58. The fourth-order valence-electron chi connectivity index (χ4n) is 2.87. The summed E-state index contributed by atoms with van der Waals surface area (Å²) in [6.45, 7) is 4.14. The van der Waals surface area contributed by atoms with Crippen LogP contribution in [0, 0.1) is 0 Å². The van der Waals surface area contributed by atoms with Crippen LogP contribution in [0.1, 0.15) is 56.2 Å². The Morgan fingerprint density at radius 2 is 1.75 bits per heavy atom. The van der Waals surface area contributed by atoms with E-state index >= 15 is 0 Å². The third-order valence-corrected chi connectivity index (χ3v) is 4.16. The molecular formula is C21H27NO2. The number of unbranched alkanes of at least 4 members (excludes halogenated alkanes) is 1. The number of aromatic hydroxyl groups is 1. The Hall–Kier alpha value is -2.29. The lowest BCUT2D eigenvalue weighted by Gasteiger charge is -2.17. The van der Waals surface area contributed by atoms with E-state index < -0.39 is 0 Å². The number of hydrogen-bond donors (Lipinski definition) is 2. The molecule has 0 radical (unpaired) electrons. The average molecular weight is 325 g/mol. The first-order chi connectivity index (χ1) is 11.7. The summed E-state index contributed by atoms with van der Waals surface area (Å²) in [6, 6.07) is 13.6. The molecule has 0 aliphatic carbocycles. The number of amides is 1. The first kappa shape index (κ1) is 18.1. The summed E-state index contributed by atoms with van der Waals surface area (Å²) in [6.07, 6.45) is 4.97. The molecule has 24 heavy (non-hydrogen) atoms. The van der Waals surface area contributed by atoms with Gasteiger partial charge in [0.15, 0.2) is 0 Å². The zero-order valence-electron chi connectivity index (χ0n) is 14.6.